The van der Waals surface area contributed by atoms with Crippen LogP contribution in [-0.2, 0) is 44.7 Å². The fraction of sp³-hybridized carbons (Fsp3) is 0.0800. The summed E-state index contributed by atoms with van der Waals surface area (Å²) in [6.45, 7) is -0.809. The molecule has 0 aliphatic heterocycles. The molecule has 4 aromatic rings. The highest BCUT2D eigenvalue weighted by atomic mass is 32.3. The van der Waals surface area contributed by atoms with Gasteiger partial charge in [-0.05, 0) is 66.0 Å². The lowest BCUT2D eigenvalue weighted by Crippen LogP contribution is -2.15. The molecule has 0 aliphatic rings. The minimum absolute atomic E-state index is 0.0907. The van der Waals surface area contributed by atoms with Crippen molar-refractivity contribution >= 4 is 79.9 Å². The summed E-state index contributed by atoms with van der Waals surface area (Å²) < 4.78 is 124. The molecule has 0 atom stereocenters. The highest BCUT2D eigenvalue weighted by Crippen LogP contribution is 2.43. The highest BCUT2D eigenvalue weighted by molar-refractivity contribution is 7.91. The van der Waals surface area contributed by atoms with E-state index in [2.05, 4.69) is 19.7 Å². The molecule has 7 N–H and O–H groups in total. The first kappa shape index (κ1) is 35.3. The third-order valence-electron chi connectivity index (χ3n) is 6.19. The largest absolute Gasteiger partial charge is 0.507 e. The molecule has 0 aromatic heterocycles. The van der Waals surface area contributed by atoms with Gasteiger partial charge in [-0.2, -0.15) is 30.4 Å². The molecular formula is C25H22N4O14S4. The third-order valence-corrected chi connectivity index (χ3v) is 10.1. The number of azo groups is 1. The maximum absolute atomic E-state index is 12.7. The second-order valence-corrected chi connectivity index (χ2v) is 15.4. The van der Waals surface area contributed by atoms with E-state index in [9.17, 15) is 52.7 Å². The Balaban J connectivity index is 1.55. The van der Waals surface area contributed by atoms with Gasteiger partial charge in [0.25, 0.3) is 26.1 Å². The average molecular weight is 731 g/mol. The maximum Gasteiger partial charge on any atom is 0.397 e. The molecule has 0 bridgehead atoms. The van der Waals surface area contributed by atoms with Crippen molar-refractivity contribution in [3.05, 3.63) is 72.3 Å². The summed E-state index contributed by atoms with van der Waals surface area (Å²) in [5.74, 6) is -2.13. The van der Waals surface area contributed by atoms with E-state index in [1.165, 1.54) is 36.4 Å². The fourth-order valence-electron chi connectivity index (χ4n) is 4.03. The summed E-state index contributed by atoms with van der Waals surface area (Å²) in [6.07, 6.45) is 0. The SMILES string of the molecule is Nc1c(S(=O)(=O)O)cc2cc(S(=O)(=O)O)cc(O)c2c1N=Nc1ccc(C(=O)Nc2ccc(S(=O)(=O)CCOS(=O)(=O)O)cc2)cc1. The molecule has 0 radical (unpaired) electrons. The summed E-state index contributed by atoms with van der Waals surface area (Å²) in [6, 6.07) is 12.4. The van der Waals surface area contributed by atoms with Crippen molar-refractivity contribution in [1.82, 2.24) is 0 Å². The number of carbonyl (C=O) groups excluding carboxylic acids is 1. The van der Waals surface area contributed by atoms with E-state index in [1.807, 2.05) is 0 Å². The molecule has 250 valence electrons. The zero-order valence-electron chi connectivity index (χ0n) is 23.2. The Morgan fingerprint density at radius 3 is 1.96 bits per heavy atom. The Morgan fingerprint density at radius 2 is 1.40 bits per heavy atom. The summed E-state index contributed by atoms with van der Waals surface area (Å²) in [5, 5.41) is 20.3. The molecular weight excluding hydrogens is 709 g/mol. The van der Waals surface area contributed by atoms with Gasteiger partial charge in [0.15, 0.2) is 9.84 Å². The highest BCUT2D eigenvalue weighted by Gasteiger charge is 2.24. The molecule has 22 heteroatoms. The number of nitrogens with two attached hydrogens (primary N) is 1. The van der Waals surface area contributed by atoms with Gasteiger partial charge in [-0.1, -0.05) is 0 Å². The number of benzene rings is 4. The van der Waals surface area contributed by atoms with Crippen LogP contribution in [0.5, 0.6) is 5.75 Å². The standard InChI is InChI=1S/C25H22N4O14S4/c26-23-21(46(37,38)39)12-15-11-19(45(34,35)36)13-20(30)22(15)24(23)29-28-17-3-1-14(2-4-17)25(31)27-16-5-7-18(8-6-16)44(32,33)10-9-43-47(40,41)42/h1-8,11-13,30H,9-10,26H2,(H,27,31)(H,34,35,36)(H,37,38,39)(H,40,41,42). The molecule has 4 rings (SSSR count). The Hall–Kier alpha value is -4.55. The summed E-state index contributed by atoms with van der Waals surface area (Å²) >= 11 is 0. The van der Waals surface area contributed by atoms with E-state index in [0.29, 0.717) is 6.07 Å². The van der Waals surface area contributed by atoms with Crippen LogP contribution in [0.2, 0.25) is 0 Å². The molecule has 0 spiro atoms. The lowest BCUT2D eigenvalue weighted by molar-refractivity contribution is 0.102. The summed E-state index contributed by atoms with van der Waals surface area (Å²) in [7, 11) is -18.6. The summed E-state index contributed by atoms with van der Waals surface area (Å²) in [4.78, 5) is 10.8. The molecule has 0 saturated heterocycles. The lowest BCUT2D eigenvalue weighted by Gasteiger charge is -2.12. The summed E-state index contributed by atoms with van der Waals surface area (Å²) in [5.41, 5.74) is 5.20. The normalized spacial score (nSPS) is 12.8. The molecule has 0 unspecified atom stereocenters. The second kappa shape index (κ2) is 12.9. The average Bonchev–Trinajstić information content (AvgIpc) is 2.95. The lowest BCUT2D eigenvalue weighted by atomic mass is 10.1. The van der Waals surface area contributed by atoms with E-state index in [4.69, 9.17) is 10.3 Å². The van der Waals surface area contributed by atoms with E-state index in [-0.39, 0.29) is 32.6 Å². The van der Waals surface area contributed by atoms with Crippen LogP contribution in [-0.4, -0.2) is 70.7 Å². The van der Waals surface area contributed by atoms with Crippen molar-refractivity contribution in [2.45, 2.75) is 14.7 Å². The number of amides is 1. The van der Waals surface area contributed by atoms with Gasteiger partial charge in [-0.15, -0.1) is 5.11 Å². The van der Waals surface area contributed by atoms with Crippen LogP contribution in [0.4, 0.5) is 22.7 Å². The first-order valence-electron chi connectivity index (χ1n) is 12.5. The van der Waals surface area contributed by atoms with Gasteiger partial charge in [0.1, 0.15) is 16.3 Å². The number of anilines is 2. The van der Waals surface area contributed by atoms with E-state index < -0.39 is 85.7 Å². The van der Waals surface area contributed by atoms with Gasteiger partial charge in [0.05, 0.1) is 38.9 Å². The minimum Gasteiger partial charge on any atom is -0.507 e. The first-order chi connectivity index (χ1) is 21.7. The van der Waals surface area contributed by atoms with Gasteiger partial charge in [0, 0.05) is 17.3 Å². The smallest absolute Gasteiger partial charge is 0.397 e. The zero-order chi connectivity index (χ0) is 34.9. The number of nitrogens with one attached hydrogen (secondary N) is 1. The van der Waals surface area contributed by atoms with Crippen LogP contribution < -0.4 is 11.1 Å². The van der Waals surface area contributed by atoms with Crippen molar-refractivity contribution in [2.24, 2.45) is 10.2 Å². The number of nitrogens with zero attached hydrogens (tertiary/aromatic N) is 2. The van der Waals surface area contributed by atoms with Crippen molar-refractivity contribution in [2.75, 3.05) is 23.4 Å². The number of aromatic hydroxyl groups is 1. The first-order valence-corrected chi connectivity index (χ1v) is 18.4. The quantitative estimate of drug-likeness (QED) is 0.0734. The van der Waals surface area contributed by atoms with Gasteiger partial charge >= 0.3 is 10.4 Å². The van der Waals surface area contributed by atoms with E-state index >= 15 is 0 Å². The Kier molecular flexibility index (Phi) is 9.71. The predicted octanol–water partition coefficient (Wildman–Crippen LogP) is 2.88. The van der Waals surface area contributed by atoms with Crippen molar-refractivity contribution < 1.29 is 61.4 Å². The third kappa shape index (κ3) is 8.63. The van der Waals surface area contributed by atoms with Crippen LogP contribution in [0.15, 0.2) is 91.6 Å². The fourth-order valence-corrected chi connectivity index (χ4v) is 6.71. The number of phenolic OH excluding ortho intramolecular Hbond substituents is 1. The number of hydrogen-bond acceptors (Lipinski definition) is 14. The molecule has 47 heavy (non-hydrogen) atoms. The number of phenols is 1. The maximum atomic E-state index is 12.7. The zero-order valence-corrected chi connectivity index (χ0v) is 26.5. The van der Waals surface area contributed by atoms with Crippen LogP contribution >= 0.6 is 0 Å². The van der Waals surface area contributed by atoms with Crippen LogP contribution in [0.1, 0.15) is 10.4 Å². The molecule has 0 heterocycles. The van der Waals surface area contributed by atoms with Crippen molar-refractivity contribution in [1.29, 1.82) is 0 Å². The molecule has 0 aliphatic carbocycles. The predicted molar refractivity (Wildman–Crippen MR) is 164 cm³/mol. The number of carbonyl (C=O) groups is 1. The van der Waals surface area contributed by atoms with Crippen molar-refractivity contribution in [3.8, 4) is 5.75 Å². The number of hydrogen-bond donors (Lipinski definition) is 6. The van der Waals surface area contributed by atoms with Gasteiger partial charge in [-0.25, -0.2) is 12.6 Å². The van der Waals surface area contributed by atoms with Crippen LogP contribution in [0, 0.1) is 0 Å². The Morgan fingerprint density at radius 1 is 0.787 bits per heavy atom. The van der Waals surface area contributed by atoms with E-state index in [1.54, 1.807) is 0 Å². The molecule has 18 nitrogen and oxygen atoms in total. The topological polar surface area (TPSA) is 307 Å². The van der Waals surface area contributed by atoms with Gasteiger partial charge < -0.3 is 16.2 Å². The number of sulfone groups is 1. The van der Waals surface area contributed by atoms with Gasteiger partial charge in [-0.3, -0.25) is 18.5 Å². The second-order valence-electron chi connectivity index (χ2n) is 9.42. The molecule has 4 aromatic carbocycles. The monoisotopic (exact) mass is 730 g/mol. The Bertz CT molecular complexity index is 2360. The van der Waals surface area contributed by atoms with Crippen molar-refractivity contribution in [3.63, 3.8) is 0 Å². The van der Waals surface area contributed by atoms with E-state index in [0.717, 1.165) is 24.3 Å². The number of nitrogen functional groups attached to an aromatic ring is 1. The molecule has 1 amide bonds. The van der Waals surface area contributed by atoms with Crippen LogP contribution in [0.3, 0.4) is 0 Å². The Labute approximate surface area is 266 Å². The van der Waals surface area contributed by atoms with Crippen LogP contribution in [0.25, 0.3) is 10.8 Å². The molecule has 0 saturated carbocycles. The number of fused-ring (bicyclic) bond motifs is 1. The minimum atomic E-state index is -4.98. The number of rotatable bonds is 11. The molecule has 0 fully saturated rings. The van der Waals surface area contributed by atoms with Gasteiger partial charge in [0.2, 0.25) is 0 Å².